The lowest BCUT2D eigenvalue weighted by Gasteiger charge is -2.07. The molecule has 0 saturated carbocycles. The second-order valence-electron chi connectivity index (χ2n) is 4.98. The zero-order chi connectivity index (χ0) is 17.4. The van der Waals surface area contributed by atoms with Gasteiger partial charge in [-0.3, -0.25) is 4.79 Å². The van der Waals surface area contributed by atoms with Crippen molar-refractivity contribution in [3.8, 4) is 0 Å². The van der Waals surface area contributed by atoms with Gasteiger partial charge < -0.3 is 4.57 Å². The van der Waals surface area contributed by atoms with Gasteiger partial charge in [-0.1, -0.05) is 6.07 Å². The van der Waals surface area contributed by atoms with Crippen molar-refractivity contribution < 1.29 is 21.6 Å². The average Bonchev–Trinajstić information content (AvgIpc) is 2.75. The summed E-state index contributed by atoms with van der Waals surface area (Å²) in [6.07, 6.45) is -3.24. The molecule has 2 rings (SSSR count). The predicted octanol–water partition coefficient (Wildman–Crippen LogP) is 2.28. The minimum absolute atomic E-state index is 0.0183. The SMILES string of the molecule is Cc1nc(C(F)(F)F)c(CS(=O)(=O)Cc2cccn(C)c2=O)s1. The number of aromatic nitrogens is 2. The molecule has 0 fully saturated rings. The van der Waals surface area contributed by atoms with Crippen molar-refractivity contribution in [1.82, 2.24) is 9.55 Å². The average molecular weight is 366 g/mol. The van der Waals surface area contributed by atoms with E-state index in [1.54, 1.807) is 0 Å². The second kappa shape index (κ2) is 6.08. The van der Waals surface area contributed by atoms with Crippen molar-refractivity contribution in [1.29, 1.82) is 0 Å². The number of hydrogen-bond acceptors (Lipinski definition) is 5. The van der Waals surface area contributed by atoms with Gasteiger partial charge in [0, 0.05) is 18.8 Å². The fourth-order valence-corrected chi connectivity index (χ4v) is 4.90. The van der Waals surface area contributed by atoms with E-state index in [-0.39, 0.29) is 15.4 Å². The summed E-state index contributed by atoms with van der Waals surface area (Å²) in [5.74, 6) is -1.42. The van der Waals surface area contributed by atoms with E-state index < -0.39 is 38.8 Å². The lowest BCUT2D eigenvalue weighted by Crippen LogP contribution is -2.23. The molecular weight excluding hydrogens is 353 g/mol. The van der Waals surface area contributed by atoms with Crippen LogP contribution in [0.4, 0.5) is 13.2 Å². The number of sulfone groups is 1. The highest BCUT2D eigenvalue weighted by Crippen LogP contribution is 2.35. The van der Waals surface area contributed by atoms with Crippen LogP contribution in [0.3, 0.4) is 0 Å². The first-order chi connectivity index (χ1) is 10.5. The van der Waals surface area contributed by atoms with Crippen molar-refractivity contribution in [3.05, 3.63) is 49.8 Å². The van der Waals surface area contributed by atoms with Gasteiger partial charge in [0.15, 0.2) is 15.5 Å². The van der Waals surface area contributed by atoms with E-state index in [4.69, 9.17) is 0 Å². The zero-order valence-corrected chi connectivity index (χ0v) is 13.8. The Morgan fingerprint density at radius 1 is 1.30 bits per heavy atom. The van der Waals surface area contributed by atoms with Crippen molar-refractivity contribution in [2.75, 3.05) is 0 Å². The molecule has 0 aromatic carbocycles. The zero-order valence-electron chi connectivity index (χ0n) is 12.2. The Kier molecular flexibility index (Phi) is 4.67. The fraction of sp³-hybridized carbons (Fsp3) is 0.385. The highest BCUT2D eigenvalue weighted by Gasteiger charge is 2.38. The highest BCUT2D eigenvalue weighted by atomic mass is 32.2. The molecular formula is C13H13F3N2O3S2. The highest BCUT2D eigenvalue weighted by molar-refractivity contribution is 7.90. The molecule has 10 heteroatoms. The van der Waals surface area contributed by atoms with Crippen molar-refractivity contribution in [3.63, 3.8) is 0 Å². The maximum atomic E-state index is 12.9. The molecule has 0 amide bonds. The molecule has 0 aliphatic rings. The summed E-state index contributed by atoms with van der Waals surface area (Å²) in [6, 6.07) is 2.85. The monoisotopic (exact) mass is 366 g/mol. The lowest BCUT2D eigenvalue weighted by atomic mass is 10.3. The Bertz CT molecular complexity index is 883. The molecule has 0 bridgehead atoms. The normalized spacial score (nSPS) is 12.6. The second-order valence-corrected chi connectivity index (χ2v) is 8.34. The number of aryl methyl sites for hydroxylation is 2. The van der Waals surface area contributed by atoms with Crippen molar-refractivity contribution in [2.45, 2.75) is 24.6 Å². The Morgan fingerprint density at radius 3 is 2.57 bits per heavy atom. The molecule has 0 spiro atoms. The van der Waals surface area contributed by atoms with Gasteiger partial charge in [-0.25, -0.2) is 13.4 Å². The van der Waals surface area contributed by atoms with E-state index in [2.05, 4.69) is 4.98 Å². The minimum atomic E-state index is -4.71. The fourth-order valence-electron chi connectivity index (χ4n) is 2.04. The number of rotatable bonds is 4. The third-order valence-electron chi connectivity index (χ3n) is 3.00. The quantitative estimate of drug-likeness (QED) is 0.833. The molecule has 5 nitrogen and oxygen atoms in total. The minimum Gasteiger partial charge on any atom is -0.318 e. The van der Waals surface area contributed by atoms with Crippen LogP contribution in [0.2, 0.25) is 0 Å². The third kappa shape index (κ3) is 4.20. The molecule has 126 valence electrons. The summed E-state index contributed by atoms with van der Waals surface area (Å²) in [6.45, 7) is 1.38. The Morgan fingerprint density at radius 2 is 1.96 bits per heavy atom. The number of pyridine rings is 1. The third-order valence-corrected chi connectivity index (χ3v) is 5.63. The number of nitrogens with zero attached hydrogens (tertiary/aromatic N) is 2. The molecule has 0 unspecified atom stereocenters. The molecule has 0 saturated heterocycles. The maximum absolute atomic E-state index is 12.9. The van der Waals surface area contributed by atoms with E-state index in [1.807, 2.05) is 0 Å². The molecule has 2 aromatic rings. The summed E-state index contributed by atoms with van der Waals surface area (Å²) in [5, 5.41) is 0.137. The van der Waals surface area contributed by atoms with E-state index >= 15 is 0 Å². The van der Waals surface area contributed by atoms with Gasteiger partial charge in [0.25, 0.3) is 5.56 Å². The first-order valence-electron chi connectivity index (χ1n) is 6.38. The number of halogens is 3. The topological polar surface area (TPSA) is 69.0 Å². The van der Waals surface area contributed by atoms with Crippen LogP contribution in [0.25, 0.3) is 0 Å². The van der Waals surface area contributed by atoms with E-state index in [0.29, 0.717) is 11.3 Å². The Hall–Kier alpha value is -1.68. The van der Waals surface area contributed by atoms with Gasteiger partial charge >= 0.3 is 6.18 Å². The number of thiazole rings is 1. The van der Waals surface area contributed by atoms with E-state index in [9.17, 15) is 26.4 Å². The maximum Gasteiger partial charge on any atom is 0.434 e. The molecule has 0 N–H and O–H groups in total. The summed E-state index contributed by atoms with van der Waals surface area (Å²) < 4.78 is 64.2. The van der Waals surface area contributed by atoms with Crippen LogP contribution < -0.4 is 5.56 Å². The largest absolute Gasteiger partial charge is 0.434 e. The number of hydrogen-bond donors (Lipinski definition) is 0. The summed E-state index contributed by atoms with van der Waals surface area (Å²) in [4.78, 5) is 14.8. The molecule has 23 heavy (non-hydrogen) atoms. The van der Waals surface area contributed by atoms with Crippen molar-refractivity contribution >= 4 is 21.2 Å². The van der Waals surface area contributed by atoms with Gasteiger partial charge in [-0.15, -0.1) is 11.3 Å². The molecule has 0 aliphatic heterocycles. The predicted molar refractivity (Wildman–Crippen MR) is 79.9 cm³/mol. The molecule has 0 aliphatic carbocycles. The summed E-state index contributed by atoms with van der Waals surface area (Å²) in [5.41, 5.74) is -1.65. The van der Waals surface area contributed by atoms with Crippen LogP contribution >= 0.6 is 11.3 Å². The Balaban J connectivity index is 2.33. The molecule has 0 radical (unpaired) electrons. The van der Waals surface area contributed by atoms with Gasteiger partial charge in [0.1, 0.15) is 0 Å². The molecule has 0 atom stereocenters. The van der Waals surface area contributed by atoms with Crippen LogP contribution in [0.5, 0.6) is 0 Å². The summed E-state index contributed by atoms with van der Waals surface area (Å²) >= 11 is 0.692. The van der Waals surface area contributed by atoms with Gasteiger partial charge in [0.2, 0.25) is 0 Å². The number of alkyl halides is 3. The van der Waals surface area contributed by atoms with Gasteiger partial charge in [-0.2, -0.15) is 13.2 Å². The Labute approximate surface area is 134 Å². The van der Waals surface area contributed by atoms with E-state index in [1.165, 1.54) is 36.9 Å². The van der Waals surface area contributed by atoms with Crippen LogP contribution in [-0.4, -0.2) is 18.0 Å². The lowest BCUT2D eigenvalue weighted by molar-refractivity contribution is -0.141. The first-order valence-corrected chi connectivity index (χ1v) is 9.02. The standard InChI is InChI=1S/C13H13F3N2O3S2/c1-8-17-11(13(14,15)16)10(22-8)7-23(20,21)6-9-4-3-5-18(2)12(9)19/h3-5H,6-7H2,1-2H3. The van der Waals surface area contributed by atoms with Gasteiger partial charge in [-0.05, 0) is 13.0 Å². The molecule has 2 aromatic heterocycles. The van der Waals surface area contributed by atoms with Crippen LogP contribution in [0.1, 0.15) is 21.1 Å². The summed E-state index contributed by atoms with van der Waals surface area (Å²) in [7, 11) is -2.47. The van der Waals surface area contributed by atoms with Crippen LogP contribution in [0, 0.1) is 6.92 Å². The first kappa shape index (κ1) is 17.7. The van der Waals surface area contributed by atoms with Gasteiger partial charge in [0.05, 0.1) is 21.4 Å². The molecule has 2 heterocycles. The van der Waals surface area contributed by atoms with Crippen LogP contribution in [0.15, 0.2) is 23.1 Å². The van der Waals surface area contributed by atoms with Crippen LogP contribution in [-0.2, 0) is 34.6 Å². The van der Waals surface area contributed by atoms with Crippen molar-refractivity contribution in [2.24, 2.45) is 7.05 Å². The smallest absolute Gasteiger partial charge is 0.318 e. The van der Waals surface area contributed by atoms with E-state index in [0.717, 1.165) is 0 Å².